The Hall–Kier alpha value is -1.49. The minimum absolute atomic E-state index is 0.312. The van der Waals surface area contributed by atoms with Crippen LogP contribution in [0.5, 0.6) is 0 Å². The molecule has 1 N–H and O–H groups in total. The van der Waals surface area contributed by atoms with Crippen LogP contribution in [0, 0.1) is 6.92 Å². The number of hydrogen-bond donors (Lipinski definition) is 1. The number of anilines is 1. The van der Waals surface area contributed by atoms with Crippen LogP contribution in [-0.4, -0.2) is 17.4 Å². The van der Waals surface area contributed by atoms with Gasteiger partial charge in [0.25, 0.3) is 0 Å². The number of aromatic nitrogens is 1. The zero-order chi connectivity index (χ0) is 13.8. The summed E-state index contributed by atoms with van der Waals surface area (Å²) >= 11 is 6.17. The van der Waals surface area contributed by atoms with Gasteiger partial charge >= 0.3 is 6.09 Å². The smallest absolute Gasteiger partial charge is 0.412 e. The van der Waals surface area contributed by atoms with Crippen LogP contribution in [0.2, 0.25) is 0 Å². The van der Waals surface area contributed by atoms with Gasteiger partial charge in [0.15, 0.2) is 0 Å². The number of ether oxygens (including phenoxy) is 1. The first-order valence-corrected chi connectivity index (χ1v) is 6.71. The van der Waals surface area contributed by atoms with Gasteiger partial charge in [-0.15, -0.1) is 0 Å². The molecule has 0 aromatic carbocycles. The van der Waals surface area contributed by atoms with Gasteiger partial charge in [0, 0.05) is 5.03 Å². The van der Waals surface area contributed by atoms with Crippen LogP contribution < -0.4 is 5.32 Å². The molecule has 1 atom stereocenters. The van der Waals surface area contributed by atoms with E-state index in [4.69, 9.17) is 20.9 Å². The monoisotopic (exact) mass is 284 g/mol. The number of aryl methyl sites for hydroxylation is 1. The normalized spacial score (nSPS) is 17.2. The molecule has 0 aliphatic heterocycles. The van der Waals surface area contributed by atoms with E-state index in [0.717, 1.165) is 36.3 Å². The van der Waals surface area contributed by atoms with Gasteiger partial charge in [0.2, 0.25) is 0 Å². The number of nitrogens with zero attached hydrogens (tertiary/aromatic N) is 1. The molecule has 1 unspecified atom stereocenters. The third kappa shape index (κ3) is 3.50. The third-order valence-electron chi connectivity index (χ3n) is 3.20. The molecular formula is C13H17ClN2O3. The molecule has 1 aromatic heterocycles. The van der Waals surface area contributed by atoms with Crippen molar-refractivity contribution < 1.29 is 14.1 Å². The largest absolute Gasteiger partial charge is 0.442 e. The van der Waals surface area contributed by atoms with Crippen LogP contribution in [0.4, 0.5) is 10.5 Å². The van der Waals surface area contributed by atoms with E-state index in [1.54, 1.807) is 6.92 Å². The summed E-state index contributed by atoms with van der Waals surface area (Å²) < 4.78 is 10.1. The van der Waals surface area contributed by atoms with E-state index >= 15 is 0 Å². The van der Waals surface area contributed by atoms with Gasteiger partial charge in [-0.3, -0.25) is 5.32 Å². The Labute approximate surface area is 116 Å². The average molecular weight is 285 g/mol. The van der Waals surface area contributed by atoms with Crippen molar-refractivity contribution in [2.75, 3.05) is 5.32 Å². The lowest BCUT2D eigenvalue weighted by Crippen LogP contribution is -2.23. The van der Waals surface area contributed by atoms with E-state index in [9.17, 15) is 4.79 Å². The van der Waals surface area contributed by atoms with Gasteiger partial charge in [0.05, 0.1) is 0 Å². The van der Waals surface area contributed by atoms with Crippen LogP contribution >= 0.6 is 11.6 Å². The van der Waals surface area contributed by atoms with Crippen LogP contribution in [0.1, 0.15) is 38.3 Å². The van der Waals surface area contributed by atoms with Crippen LogP contribution in [0.15, 0.2) is 21.4 Å². The van der Waals surface area contributed by atoms with Gasteiger partial charge in [-0.25, -0.2) is 4.79 Å². The molecule has 0 bridgehead atoms. The minimum Gasteiger partial charge on any atom is -0.442 e. The zero-order valence-corrected chi connectivity index (χ0v) is 11.8. The standard InChI is InChI=1S/C13H17ClN2O3/c1-8-12(7-18-16-8)15-13(17)19-9(2)10-5-3-4-6-11(10)14/h7,9H,3-6H2,1-2H3,(H,15,17). The Kier molecular flexibility index (Phi) is 4.47. The molecule has 1 aromatic rings. The molecule has 0 saturated carbocycles. The first kappa shape index (κ1) is 13.9. The van der Waals surface area contributed by atoms with Crippen LogP contribution in [0.25, 0.3) is 0 Å². The molecule has 2 rings (SSSR count). The van der Waals surface area contributed by atoms with Gasteiger partial charge in [-0.05, 0) is 45.1 Å². The summed E-state index contributed by atoms with van der Waals surface area (Å²) in [5.41, 5.74) is 2.14. The number of nitrogens with one attached hydrogen (secondary N) is 1. The highest BCUT2D eigenvalue weighted by molar-refractivity contribution is 6.30. The molecule has 0 radical (unpaired) electrons. The maximum atomic E-state index is 11.8. The lowest BCUT2D eigenvalue weighted by Gasteiger charge is -2.22. The van der Waals surface area contributed by atoms with Gasteiger partial charge in [-0.2, -0.15) is 0 Å². The van der Waals surface area contributed by atoms with E-state index in [1.165, 1.54) is 6.26 Å². The number of hydrogen-bond acceptors (Lipinski definition) is 4. The number of allylic oxidation sites excluding steroid dienone is 1. The highest BCUT2D eigenvalue weighted by Gasteiger charge is 2.20. The van der Waals surface area contributed by atoms with E-state index in [0.29, 0.717) is 11.4 Å². The summed E-state index contributed by atoms with van der Waals surface area (Å²) in [6, 6.07) is 0. The summed E-state index contributed by atoms with van der Waals surface area (Å²) in [6.07, 6.45) is 4.48. The molecule has 19 heavy (non-hydrogen) atoms. The van der Waals surface area contributed by atoms with Crippen molar-refractivity contribution >= 4 is 23.4 Å². The lowest BCUT2D eigenvalue weighted by atomic mass is 9.96. The predicted octanol–water partition coefficient (Wildman–Crippen LogP) is 3.99. The summed E-state index contributed by atoms with van der Waals surface area (Å²) in [5.74, 6) is 0. The molecule has 6 heteroatoms. The third-order valence-corrected chi connectivity index (χ3v) is 3.63. The second kappa shape index (κ2) is 6.10. The van der Waals surface area contributed by atoms with Crippen LogP contribution in [-0.2, 0) is 4.74 Å². The summed E-state index contributed by atoms with van der Waals surface area (Å²) in [5, 5.41) is 7.09. The summed E-state index contributed by atoms with van der Waals surface area (Å²) in [6.45, 7) is 3.58. The fraction of sp³-hybridized carbons (Fsp3) is 0.538. The highest BCUT2D eigenvalue weighted by atomic mass is 35.5. The fourth-order valence-corrected chi connectivity index (χ4v) is 2.48. The van der Waals surface area contributed by atoms with Crippen LogP contribution in [0.3, 0.4) is 0 Å². The van der Waals surface area contributed by atoms with Gasteiger partial charge < -0.3 is 9.26 Å². The van der Waals surface area contributed by atoms with Crippen molar-refractivity contribution in [2.45, 2.75) is 45.6 Å². The molecule has 1 aliphatic carbocycles. The number of carbonyl (C=O) groups is 1. The topological polar surface area (TPSA) is 64.4 Å². The molecule has 1 heterocycles. The Bertz CT molecular complexity index is 496. The predicted molar refractivity (Wildman–Crippen MR) is 72.2 cm³/mol. The Balaban J connectivity index is 1.93. The van der Waals surface area contributed by atoms with Gasteiger partial charge in [0.1, 0.15) is 23.7 Å². The number of halogens is 1. The molecule has 0 fully saturated rings. The quantitative estimate of drug-likeness (QED) is 0.911. The molecule has 1 amide bonds. The van der Waals surface area contributed by atoms with E-state index in [2.05, 4.69) is 10.5 Å². The fourth-order valence-electron chi connectivity index (χ4n) is 2.10. The van der Waals surface area contributed by atoms with Crippen molar-refractivity contribution in [1.29, 1.82) is 0 Å². The van der Waals surface area contributed by atoms with Crippen molar-refractivity contribution in [3.63, 3.8) is 0 Å². The molecule has 0 spiro atoms. The van der Waals surface area contributed by atoms with Crippen molar-refractivity contribution in [3.8, 4) is 0 Å². The highest BCUT2D eigenvalue weighted by Crippen LogP contribution is 2.30. The maximum Gasteiger partial charge on any atom is 0.412 e. The maximum absolute atomic E-state index is 11.8. The SMILES string of the molecule is Cc1nocc1NC(=O)OC(C)C1=C(Cl)CCCC1. The molecule has 1 aliphatic rings. The van der Waals surface area contributed by atoms with Crippen molar-refractivity contribution in [3.05, 3.63) is 22.6 Å². The number of amides is 1. The second-order valence-electron chi connectivity index (χ2n) is 4.62. The van der Waals surface area contributed by atoms with Crippen molar-refractivity contribution in [1.82, 2.24) is 5.16 Å². The second-order valence-corrected chi connectivity index (χ2v) is 5.08. The first-order valence-electron chi connectivity index (χ1n) is 6.34. The Morgan fingerprint density at radius 1 is 1.53 bits per heavy atom. The Morgan fingerprint density at radius 2 is 2.26 bits per heavy atom. The molecular weight excluding hydrogens is 268 g/mol. The average Bonchev–Trinajstić information content (AvgIpc) is 2.75. The van der Waals surface area contributed by atoms with E-state index in [1.807, 2.05) is 6.92 Å². The molecule has 104 valence electrons. The van der Waals surface area contributed by atoms with E-state index < -0.39 is 6.09 Å². The first-order chi connectivity index (χ1) is 9.08. The number of rotatable bonds is 3. The molecule has 0 saturated heterocycles. The minimum atomic E-state index is -0.527. The summed E-state index contributed by atoms with van der Waals surface area (Å²) in [4.78, 5) is 11.8. The van der Waals surface area contributed by atoms with E-state index in [-0.39, 0.29) is 6.10 Å². The van der Waals surface area contributed by atoms with Gasteiger partial charge in [-0.1, -0.05) is 16.8 Å². The Morgan fingerprint density at radius 3 is 2.89 bits per heavy atom. The lowest BCUT2D eigenvalue weighted by molar-refractivity contribution is 0.134. The van der Waals surface area contributed by atoms with Crippen molar-refractivity contribution in [2.24, 2.45) is 0 Å². The summed E-state index contributed by atoms with van der Waals surface area (Å²) in [7, 11) is 0. The molecule has 5 nitrogen and oxygen atoms in total. The zero-order valence-electron chi connectivity index (χ0n) is 11.0. The number of carbonyl (C=O) groups excluding carboxylic acids is 1.